The Balaban J connectivity index is 2.05. The van der Waals surface area contributed by atoms with E-state index in [1.54, 1.807) is 12.1 Å². The second kappa shape index (κ2) is 5.38. The zero-order valence-corrected chi connectivity index (χ0v) is 11.6. The van der Waals surface area contributed by atoms with Gasteiger partial charge in [0.2, 0.25) is 5.91 Å². The monoisotopic (exact) mass is 316 g/mol. The highest BCUT2D eigenvalue weighted by molar-refractivity contribution is 9.10. The Morgan fingerprint density at radius 1 is 1.47 bits per heavy atom. The summed E-state index contributed by atoms with van der Waals surface area (Å²) >= 11 is 9.36. The van der Waals surface area contributed by atoms with Crippen LogP contribution in [0.4, 0.5) is 5.69 Å². The van der Waals surface area contributed by atoms with Crippen molar-refractivity contribution >= 4 is 39.1 Å². The molecule has 2 atom stereocenters. The standard InChI is InChI=1S/C12H14BrClN2O/c13-8-2-4-10(14)11(6-8)16-12(17)7-1-3-9(15)5-7/h2,4,6-7,9H,1,3,5,15H2,(H,16,17). The second-order valence-corrected chi connectivity index (χ2v) is 5.71. The molecule has 0 aliphatic heterocycles. The highest BCUT2D eigenvalue weighted by Crippen LogP contribution is 2.29. The average Bonchev–Trinajstić information content (AvgIpc) is 2.70. The summed E-state index contributed by atoms with van der Waals surface area (Å²) in [6, 6.07) is 5.55. The van der Waals surface area contributed by atoms with Crippen LogP contribution in [0.1, 0.15) is 19.3 Å². The second-order valence-electron chi connectivity index (χ2n) is 4.38. The number of hydrogen-bond acceptors (Lipinski definition) is 2. The summed E-state index contributed by atoms with van der Waals surface area (Å²) in [6.45, 7) is 0. The Morgan fingerprint density at radius 3 is 2.88 bits per heavy atom. The van der Waals surface area contributed by atoms with Crippen molar-refractivity contribution in [2.45, 2.75) is 25.3 Å². The van der Waals surface area contributed by atoms with Gasteiger partial charge in [0, 0.05) is 16.4 Å². The molecule has 1 aliphatic carbocycles. The number of nitrogens with one attached hydrogen (secondary N) is 1. The van der Waals surface area contributed by atoms with Crippen LogP contribution in [0.15, 0.2) is 22.7 Å². The Bertz CT molecular complexity index is 439. The minimum Gasteiger partial charge on any atom is -0.328 e. The van der Waals surface area contributed by atoms with Gasteiger partial charge in [-0.25, -0.2) is 0 Å². The van der Waals surface area contributed by atoms with Gasteiger partial charge in [0.1, 0.15) is 0 Å². The molecular weight excluding hydrogens is 304 g/mol. The van der Waals surface area contributed by atoms with Gasteiger partial charge in [-0.1, -0.05) is 27.5 Å². The zero-order valence-electron chi connectivity index (χ0n) is 9.25. The molecule has 0 heterocycles. The molecule has 0 spiro atoms. The van der Waals surface area contributed by atoms with Crippen LogP contribution in [0.25, 0.3) is 0 Å². The number of benzene rings is 1. The average molecular weight is 318 g/mol. The summed E-state index contributed by atoms with van der Waals surface area (Å²) in [5.41, 5.74) is 6.44. The van der Waals surface area contributed by atoms with Crippen LogP contribution in [0.3, 0.4) is 0 Å². The molecule has 0 bridgehead atoms. The molecule has 3 N–H and O–H groups in total. The van der Waals surface area contributed by atoms with Gasteiger partial charge in [0.25, 0.3) is 0 Å². The molecule has 1 fully saturated rings. The summed E-state index contributed by atoms with van der Waals surface area (Å²) in [6.07, 6.45) is 2.54. The predicted octanol–water partition coefficient (Wildman–Crippen LogP) is 3.17. The fourth-order valence-corrected chi connectivity index (χ4v) is 2.61. The first-order valence-electron chi connectivity index (χ1n) is 5.58. The molecule has 92 valence electrons. The number of nitrogens with two attached hydrogens (primary N) is 1. The minimum atomic E-state index is 0.0120. The third-order valence-corrected chi connectivity index (χ3v) is 3.85. The number of anilines is 1. The molecule has 1 amide bonds. The third kappa shape index (κ3) is 3.21. The van der Waals surface area contributed by atoms with Crippen molar-refractivity contribution < 1.29 is 4.79 Å². The molecule has 0 aromatic heterocycles. The summed E-state index contributed by atoms with van der Waals surface area (Å²) in [4.78, 5) is 12.0. The lowest BCUT2D eigenvalue weighted by molar-refractivity contribution is -0.119. The van der Waals surface area contributed by atoms with Gasteiger partial charge in [-0.05, 0) is 37.5 Å². The van der Waals surface area contributed by atoms with Crippen molar-refractivity contribution in [1.29, 1.82) is 0 Å². The lowest BCUT2D eigenvalue weighted by atomic mass is 10.1. The van der Waals surface area contributed by atoms with Crippen molar-refractivity contribution in [1.82, 2.24) is 0 Å². The van der Waals surface area contributed by atoms with E-state index in [2.05, 4.69) is 21.2 Å². The van der Waals surface area contributed by atoms with E-state index in [-0.39, 0.29) is 17.9 Å². The van der Waals surface area contributed by atoms with Crippen LogP contribution in [0.5, 0.6) is 0 Å². The van der Waals surface area contributed by atoms with E-state index in [1.165, 1.54) is 0 Å². The summed E-state index contributed by atoms with van der Waals surface area (Å²) in [5.74, 6) is 0.0259. The van der Waals surface area contributed by atoms with Crippen LogP contribution in [-0.4, -0.2) is 11.9 Å². The first kappa shape index (κ1) is 12.9. The van der Waals surface area contributed by atoms with Crippen molar-refractivity contribution in [2.24, 2.45) is 11.7 Å². The number of amides is 1. The summed E-state index contributed by atoms with van der Waals surface area (Å²) in [7, 11) is 0. The first-order chi connectivity index (χ1) is 8.06. The molecule has 5 heteroatoms. The van der Waals surface area contributed by atoms with Crippen molar-refractivity contribution in [3.05, 3.63) is 27.7 Å². The Kier molecular flexibility index (Phi) is 4.07. The number of hydrogen-bond donors (Lipinski definition) is 2. The molecule has 2 unspecified atom stereocenters. The Labute approximate surface area is 114 Å². The van der Waals surface area contributed by atoms with Gasteiger partial charge in [-0.15, -0.1) is 0 Å². The molecule has 0 radical (unpaired) electrons. The van der Waals surface area contributed by atoms with Crippen molar-refractivity contribution in [3.8, 4) is 0 Å². The lowest BCUT2D eigenvalue weighted by Crippen LogP contribution is -2.23. The Hall–Kier alpha value is -0.580. The summed E-state index contributed by atoms with van der Waals surface area (Å²) in [5, 5.41) is 3.40. The zero-order chi connectivity index (χ0) is 12.4. The van der Waals surface area contributed by atoms with Gasteiger partial charge in [0.15, 0.2) is 0 Å². The number of rotatable bonds is 2. The SMILES string of the molecule is NC1CCC(C(=O)Nc2cc(Br)ccc2Cl)C1. The number of halogens is 2. The van der Waals surface area contributed by atoms with Crippen LogP contribution in [-0.2, 0) is 4.79 Å². The minimum absolute atomic E-state index is 0.0120. The maximum atomic E-state index is 12.0. The quantitative estimate of drug-likeness (QED) is 0.880. The van der Waals surface area contributed by atoms with Crippen molar-refractivity contribution in [2.75, 3.05) is 5.32 Å². The van der Waals surface area contributed by atoms with Crippen LogP contribution in [0, 0.1) is 5.92 Å². The highest BCUT2D eigenvalue weighted by Gasteiger charge is 2.27. The highest BCUT2D eigenvalue weighted by atomic mass is 79.9. The normalized spacial score (nSPS) is 23.7. The van der Waals surface area contributed by atoms with E-state index in [0.717, 1.165) is 23.7 Å². The van der Waals surface area contributed by atoms with E-state index >= 15 is 0 Å². The first-order valence-corrected chi connectivity index (χ1v) is 6.75. The lowest BCUT2D eigenvalue weighted by Gasteiger charge is -2.12. The van der Waals surface area contributed by atoms with Gasteiger partial charge >= 0.3 is 0 Å². The predicted molar refractivity (Wildman–Crippen MR) is 73.1 cm³/mol. The molecule has 1 saturated carbocycles. The maximum Gasteiger partial charge on any atom is 0.227 e. The molecule has 1 aromatic carbocycles. The van der Waals surface area contributed by atoms with Crippen LogP contribution < -0.4 is 11.1 Å². The van der Waals surface area contributed by atoms with Crippen LogP contribution in [0.2, 0.25) is 5.02 Å². The Morgan fingerprint density at radius 2 is 2.24 bits per heavy atom. The van der Waals surface area contributed by atoms with Gasteiger partial charge in [-0.3, -0.25) is 4.79 Å². The van der Waals surface area contributed by atoms with E-state index in [0.29, 0.717) is 10.7 Å². The number of carbonyl (C=O) groups is 1. The van der Waals surface area contributed by atoms with E-state index in [9.17, 15) is 4.79 Å². The molecule has 1 aromatic rings. The molecule has 17 heavy (non-hydrogen) atoms. The fraction of sp³-hybridized carbons (Fsp3) is 0.417. The fourth-order valence-electron chi connectivity index (χ4n) is 2.08. The maximum absolute atomic E-state index is 12.0. The van der Waals surface area contributed by atoms with Gasteiger partial charge < -0.3 is 11.1 Å². The van der Waals surface area contributed by atoms with E-state index in [4.69, 9.17) is 17.3 Å². The molecule has 3 nitrogen and oxygen atoms in total. The topological polar surface area (TPSA) is 55.1 Å². The van der Waals surface area contributed by atoms with Crippen molar-refractivity contribution in [3.63, 3.8) is 0 Å². The number of carbonyl (C=O) groups excluding carboxylic acids is 1. The van der Waals surface area contributed by atoms with E-state index in [1.807, 2.05) is 6.07 Å². The smallest absolute Gasteiger partial charge is 0.227 e. The molecule has 1 aliphatic rings. The van der Waals surface area contributed by atoms with Gasteiger partial charge in [-0.2, -0.15) is 0 Å². The van der Waals surface area contributed by atoms with E-state index < -0.39 is 0 Å². The van der Waals surface area contributed by atoms with Crippen LogP contribution >= 0.6 is 27.5 Å². The molecule has 2 rings (SSSR count). The van der Waals surface area contributed by atoms with Gasteiger partial charge in [0.05, 0.1) is 10.7 Å². The molecule has 0 saturated heterocycles. The third-order valence-electron chi connectivity index (χ3n) is 3.03. The summed E-state index contributed by atoms with van der Waals surface area (Å²) < 4.78 is 0.889. The molecular formula is C12H14BrClN2O. The largest absolute Gasteiger partial charge is 0.328 e.